The summed E-state index contributed by atoms with van der Waals surface area (Å²) in [6.45, 7) is 4.20. The van der Waals surface area contributed by atoms with E-state index in [1.165, 1.54) is 34.2 Å². The Morgan fingerprint density at radius 2 is 2.21 bits per heavy atom. The molecule has 0 spiro atoms. The van der Waals surface area contributed by atoms with Crippen LogP contribution in [0, 0.1) is 10.8 Å². The average molecular weight is 430 g/mol. The lowest BCUT2D eigenvalue weighted by Gasteiger charge is -2.22. The second-order valence-corrected chi connectivity index (χ2v) is 9.38. The van der Waals surface area contributed by atoms with E-state index >= 15 is 0 Å². The fraction of sp³-hybridized carbons (Fsp3) is 0.300. The molecule has 2 heterocycles. The van der Waals surface area contributed by atoms with E-state index in [1.54, 1.807) is 25.4 Å². The van der Waals surface area contributed by atoms with Gasteiger partial charge in [-0.25, -0.2) is 4.98 Å². The van der Waals surface area contributed by atoms with E-state index in [9.17, 15) is 9.59 Å². The SMILES string of the molecule is CN/C=C(/NC(=O)c1cccc(Sc2nccs2)c1)C(=N)N1CCC(C)(C)C1=O. The average Bonchev–Trinajstić information content (AvgIpc) is 3.29. The van der Waals surface area contributed by atoms with Crippen molar-refractivity contribution < 1.29 is 9.59 Å². The van der Waals surface area contributed by atoms with Crippen LogP contribution in [0.4, 0.5) is 0 Å². The van der Waals surface area contributed by atoms with Gasteiger partial charge in [0, 0.05) is 47.2 Å². The van der Waals surface area contributed by atoms with Crippen LogP contribution in [0.25, 0.3) is 0 Å². The van der Waals surface area contributed by atoms with E-state index in [0.29, 0.717) is 18.5 Å². The predicted molar refractivity (Wildman–Crippen MR) is 115 cm³/mol. The van der Waals surface area contributed by atoms with Crippen LogP contribution in [0.2, 0.25) is 0 Å². The first-order valence-electron chi connectivity index (χ1n) is 9.09. The van der Waals surface area contributed by atoms with Crippen LogP contribution >= 0.6 is 23.1 Å². The summed E-state index contributed by atoms with van der Waals surface area (Å²) in [6, 6.07) is 7.22. The van der Waals surface area contributed by atoms with Gasteiger partial charge in [-0.3, -0.25) is 19.9 Å². The number of aromatic nitrogens is 1. The van der Waals surface area contributed by atoms with E-state index in [4.69, 9.17) is 5.41 Å². The molecule has 2 aromatic rings. The van der Waals surface area contributed by atoms with Crippen LogP contribution in [0.15, 0.2) is 57.0 Å². The van der Waals surface area contributed by atoms with E-state index < -0.39 is 5.41 Å². The van der Waals surface area contributed by atoms with Gasteiger partial charge in [0.15, 0.2) is 10.2 Å². The predicted octanol–water partition coefficient (Wildman–Crippen LogP) is 3.32. The van der Waals surface area contributed by atoms with Crippen LogP contribution in [0.3, 0.4) is 0 Å². The number of benzene rings is 1. The number of carbonyl (C=O) groups is 2. The fourth-order valence-electron chi connectivity index (χ4n) is 2.89. The number of thiazole rings is 1. The lowest BCUT2D eigenvalue weighted by atomic mass is 9.92. The van der Waals surface area contributed by atoms with Crippen LogP contribution in [0.5, 0.6) is 0 Å². The first-order valence-corrected chi connectivity index (χ1v) is 10.8. The van der Waals surface area contributed by atoms with Crippen molar-refractivity contribution in [2.75, 3.05) is 13.6 Å². The number of rotatable bonds is 6. The first-order chi connectivity index (χ1) is 13.8. The minimum atomic E-state index is -0.498. The summed E-state index contributed by atoms with van der Waals surface area (Å²) in [5.74, 6) is -0.471. The van der Waals surface area contributed by atoms with Crippen LogP contribution < -0.4 is 10.6 Å². The van der Waals surface area contributed by atoms with E-state index in [2.05, 4.69) is 15.6 Å². The van der Waals surface area contributed by atoms with Crippen molar-refractivity contribution in [1.82, 2.24) is 20.5 Å². The molecule has 1 aliphatic heterocycles. The zero-order valence-electron chi connectivity index (χ0n) is 16.5. The van der Waals surface area contributed by atoms with Gasteiger partial charge in [0.25, 0.3) is 5.91 Å². The van der Waals surface area contributed by atoms with Gasteiger partial charge in [0.2, 0.25) is 5.91 Å². The molecule has 29 heavy (non-hydrogen) atoms. The molecule has 152 valence electrons. The highest BCUT2D eigenvalue weighted by Crippen LogP contribution is 2.31. The summed E-state index contributed by atoms with van der Waals surface area (Å²) in [5.41, 5.74) is 0.221. The number of hydrogen-bond donors (Lipinski definition) is 3. The van der Waals surface area contributed by atoms with Crippen LogP contribution in [0.1, 0.15) is 30.6 Å². The van der Waals surface area contributed by atoms with E-state index in [-0.39, 0.29) is 23.3 Å². The van der Waals surface area contributed by atoms with Crippen molar-refractivity contribution in [3.63, 3.8) is 0 Å². The molecular weight excluding hydrogens is 406 g/mol. The van der Waals surface area contributed by atoms with E-state index in [1.807, 2.05) is 31.4 Å². The van der Waals surface area contributed by atoms with Crippen LogP contribution in [-0.4, -0.2) is 41.1 Å². The molecule has 1 saturated heterocycles. The Morgan fingerprint density at radius 3 is 2.83 bits per heavy atom. The molecule has 1 aromatic heterocycles. The monoisotopic (exact) mass is 429 g/mol. The van der Waals surface area contributed by atoms with Crippen molar-refractivity contribution in [2.24, 2.45) is 5.41 Å². The molecule has 7 nitrogen and oxygen atoms in total. The topological polar surface area (TPSA) is 98.2 Å². The Morgan fingerprint density at radius 1 is 1.41 bits per heavy atom. The quantitative estimate of drug-likeness (QED) is 0.483. The van der Waals surface area contributed by atoms with Gasteiger partial charge in [0.05, 0.1) is 5.70 Å². The zero-order chi connectivity index (χ0) is 21.0. The number of amides is 2. The largest absolute Gasteiger partial charge is 0.392 e. The lowest BCUT2D eigenvalue weighted by molar-refractivity contribution is -0.131. The summed E-state index contributed by atoms with van der Waals surface area (Å²) in [7, 11) is 1.68. The molecule has 1 fully saturated rings. The van der Waals surface area contributed by atoms with Gasteiger partial charge in [-0.1, -0.05) is 31.7 Å². The summed E-state index contributed by atoms with van der Waals surface area (Å²) >= 11 is 3.02. The third kappa shape index (κ3) is 4.86. The maximum Gasteiger partial charge on any atom is 0.255 e. The molecular formula is C20H23N5O2S2. The third-order valence-corrected chi connectivity index (χ3v) is 6.43. The number of carbonyl (C=O) groups excluding carboxylic acids is 2. The van der Waals surface area contributed by atoms with Crippen molar-refractivity contribution in [1.29, 1.82) is 5.41 Å². The number of nitrogens with one attached hydrogen (secondary N) is 3. The Balaban J connectivity index is 1.74. The molecule has 0 unspecified atom stereocenters. The highest BCUT2D eigenvalue weighted by Gasteiger charge is 2.41. The maximum atomic E-state index is 12.8. The molecule has 9 heteroatoms. The van der Waals surface area contributed by atoms with Crippen molar-refractivity contribution in [3.05, 3.63) is 53.3 Å². The lowest BCUT2D eigenvalue weighted by Crippen LogP contribution is -2.41. The standard InChI is InChI=1S/C20H23N5O2S2/c1-20(2)7-9-25(18(20)27)16(21)15(12-22-3)24-17(26)13-5-4-6-14(11-13)29-19-23-8-10-28-19/h4-6,8,10-12,21-22H,7,9H2,1-3H3,(H,24,26)/b15-12+,21-16?. The third-order valence-electron chi connectivity index (χ3n) is 4.56. The van der Waals surface area contributed by atoms with Crippen molar-refractivity contribution >= 4 is 40.7 Å². The van der Waals surface area contributed by atoms with Crippen LogP contribution in [-0.2, 0) is 4.79 Å². The minimum absolute atomic E-state index is 0.0170. The fourth-order valence-corrected chi connectivity index (χ4v) is 4.54. The van der Waals surface area contributed by atoms with Gasteiger partial charge in [-0.05, 0) is 24.6 Å². The second kappa shape index (κ2) is 8.79. The number of hydrogen-bond acceptors (Lipinski definition) is 7. The molecule has 2 amide bonds. The van der Waals surface area contributed by atoms with Gasteiger partial charge >= 0.3 is 0 Å². The maximum absolute atomic E-state index is 12.8. The molecule has 0 aliphatic carbocycles. The summed E-state index contributed by atoms with van der Waals surface area (Å²) in [6.07, 6.45) is 3.93. The molecule has 3 rings (SSSR count). The Kier molecular flexibility index (Phi) is 6.39. The van der Waals surface area contributed by atoms with Crippen molar-refractivity contribution in [3.8, 4) is 0 Å². The Bertz CT molecular complexity index is 954. The van der Waals surface area contributed by atoms with Gasteiger partial charge in [-0.15, -0.1) is 11.3 Å². The summed E-state index contributed by atoms with van der Waals surface area (Å²) in [4.78, 5) is 31.9. The molecule has 1 aromatic carbocycles. The Labute approximate surface area is 178 Å². The number of amidine groups is 1. The summed E-state index contributed by atoms with van der Waals surface area (Å²) < 4.78 is 0.898. The molecule has 0 radical (unpaired) electrons. The van der Waals surface area contributed by atoms with Crippen molar-refractivity contribution in [2.45, 2.75) is 29.5 Å². The summed E-state index contributed by atoms with van der Waals surface area (Å²) in [5, 5.41) is 16.0. The highest BCUT2D eigenvalue weighted by atomic mass is 32.2. The smallest absolute Gasteiger partial charge is 0.255 e. The normalized spacial score (nSPS) is 16.0. The number of nitrogens with zero attached hydrogens (tertiary/aromatic N) is 2. The highest BCUT2D eigenvalue weighted by molar-refractivity contribution is 8.01. The van der Waals surface area contributed by atoms with Gasteiger partial charge < -0.3 is 10.6 Å². The molecule has 3 N–H and O–H groups in total. The molecule has 1 aliphatic rings. The zero-order valence-corrected chi connectivity index (χ0v) is 18.1. The second-order valence-electron chi connectivity index (χ2n) is 7.17. The van der Waals surface area contributed by atoms with Gasteiger partial charge in [0.1, 0.15) is 0 Å². The van der Waals surface area contributed by atoms with E-state index in [0.717, 1.165) is 9.24 Å². The molecule has 0 atom stereocenters. The first kappa shape index (κ1) is 21.1. The minimum Gasteiger partial charge on any atom is -0.392 e. The Hall–Kier alpha value is -2.65. The molecule has 0 saturated carbocycles. The molecule has 0 bridgehead atoms. The van der Waals surface area contributed by atoms with Gasteiger partial charge in [-0.2, -0.15) is 0 Å². The number of likely N-dealkylation sites (tertiary alicyclic amines) is 1.